The highest BCUT2D eigenvalue weighted by molar-refractivity contribution is 5.08. The number of nitrogens with zero attached hydrogens (tertiary/aromatic N) is 3. The summed E-state index contributed by atoms with van der Waals surface area (Å²) >= 11 is 0. The molecule has 1 atom stereocenters. The molecule has 0 aliphatic heterocycles. The number of hydrogen-bond acceptors (Lipinski definition) is 3. The summed E-state index contributed by atoms with van der Waals surface area (Å²) in [7, 11) is 1.95. The summed E-state index contributed by atoms with van der Waals surface area (Å²) in [5.74, 6) is 0. The third kappa shape index (κ3) is 3.67. The first-order valence-corrected chi connectivity index (χ1v) is 6.39. The predicted molar refractivity (Wildman–Crippen MR) is 72.3 cm³/mol. The van der Waals surface area contributed by atoms with Gasteiger partial charge in [0.15, 0.2) is 0 Å². The predicted octanol–water partition coefficient (Wildman–Crippen LogP) is 1.58. The average Bonchev–Trinajstić information content (AvgIpc) is 2.76. The first-order valence-electron chi connectivity index (χ1n) is 6.39. The lowest BCUT2D eigenvalue weighted by atomic mass is 10.1. The van der Waals surface area contributed by atoms with Crippen molar-refractivity contribution in [2.24, 2.45) is 7.05 Å². The van der Waals surface area contributed by atoms with E-state index in [0.717, 1.165) is 30.8 Å². The summed E-state index contributed by atoms with van der Waals surface area (Å²) in [4.78, 5) is 4.38. The second-order valence-electron chi connectivity index (χ2n) is 4.46. The number of hydrogen-bond donors (Lipinski definition) is 1. The van der Waals surface area contributed by atoms with Gasteiger partial charge in [0.05, 0.1) is 5.69 Å². The second-order valence-corrected chi connectivity index (χ2v) is 4.46. The zero-order chi connectivity index (χ0) is 12.8. The Balaban J connectivity index is 1.99. The summed E-state index contributed by atoms with van der Waals surface area (Å²) in [6.07, 6.45) is 5.70. The number of pyridine rings is 1. The van der Waals surface area contributed by atoms with Crippen LogP contribution in [0, 0.1) is 0 Å². The Labute approximate surface area is 108 Å². The minimum atomic E-state index is 0.389. The van der Waals surface area contributed by atoms with E-state index in [9.17, 15) is 0 Å². The fourth-order valence-electron chi connectivity index (χ4n) is 2.10. The van der Waals surface area contributed by atoms with Gasteiger partial charge in [-0.15, -0.1) is 0 Å². The molecule has 0 aliphatic rings. The first kappa shape index (κ1) is 12.8. The van der Waals surface area contributed by atoms with Crippen molar-refractivity contribution < 1.29 is 0 Å². The van der Waals surface area contributed by atoms with Crippen molar-refractivity contribution in [3.05, 3.63) is 48.0 Å². The summed E-state index contributed by atoms with van der Waals surface area (Å²) in [6, 6.07) is 8.52. The van der Waals surface area contributed by atoms with Crippen LogP contribution in [-0.4, -0.2) is 27.4 Å². The van der Waals surface area contributed by atoms with Crippen LogP contribution in [0.1, 0.15) is 18.3 Å². The van der Waals surface area contributed by atoms with Gasteiger partial charge in [-0.2, -0.15) is 5.10 Å². The summed E-state index contributed by atoms with van der Waals surface area (Å²) in [5.41, 5.74) is 2.25. The molecule has 2 aromatic rings. The topological polar surface area (TPSA) is 42.7 Å². The Morgan fingerprint density at radius 3 is 2.67 bits per heavy atom. The molecule has 2 heterocycles. The normalized spacial score (nSPS) is 12.6. The molecule has 0 spiro atoms. The molecule has 4 heteroatoms. The molecule has 0 saturated heterocycles. The quantitative estimate of drug-likeness (QED) is 0.839. The molecular weight excluding hydrogens is 224 g/mol. The van der Waals surface area contributed by atoms with Crippen molar-refractivity contribution in [1.29, 1.82) is 0 Å². The molecule has 4 nitrogen and oxygen atoms in total. The van der Waals surface area contributed by atoms with Gasteiger partial charge >= 0.3 is 0 Å². The van der Waals surface area contributed by atoms with Crippen molar-refractivity contribution in [3.63, 3.8) is 0 Å². The van der Waals surface area contributed by atoms with Crippen molar-refractivity contribution >= 4 is 0 Å². The number of aromatic nitrogens is 3. The Hall–Kier alpha value is -1.68. The molecule has 0 saturated carbocycles. The molecule has 18 heavy (non-hydrogen) atoms. The molecule has 2 aromatic heterocycles. The van der Waals surface area contributed by atoms with E-state index in [1.165, 1.54) is 0 Å². The molecule has 0 radical (unpaired) electrons. The van der Waals surface area contributed by atoms with Gasteiger partial charge < -0.3 is 5.32 Å². The van der Waals surface area contributed by atoms with Crippen molar-refractivity contribution in [3.8, 4) is 0 Å². The van der Waals surface area contributed by atoms with Gasteiger partial charge in [-0.05, 0) is 24.7 Å². The zero-order valence-electron chi connectivity index (χ0n) is 11.0. The second kappa shape index (κ2) is 6.31. The number of nitrogens with one attached hydrogen (secondary N) is 1. The lowest BCUT2D eigenvalue weighted by molar-refractivity contribution is 0.509. The Bertz CT molecular complexity index is 464. The van der Waals surface area contributed by atoms with Gasteiger partial charge in [-0.25, -0.2) is 0 Å². The summed E-state index contributed by atoms with van der Waals surface area (Å²) in [5, 5.41) is 7.93. The zero-order valence-corrected chi connectivity index (χ0v) is 11.0. The summed E-state index contributed by atoms with van der Waals surface area (Å²) in [6.45, 7) is 3.09. The number of rotatable bonds is 6. The lowest BCUT2D eigenvalue weighted by Crippen LogP contribution is -2.33. The molecule has 1 N–H and O–H groups in total. The van der Waals surface area contributed by atoms with Crippen molar-refractivity contribution in [1.82, 2.24) is 20.1 Å². The third-order valence-corrected chi connectivity index (χ3v) is 2.90. The summed E-state index contributed by atoms with van der Waals surface area (Å²) < 4.78 is 1.85. The minimum Gasteiger partial charge on any atom is -0.313 e. The standard InChI is InChI=1S/C14H20N4/c1-3-15-14(10-12-6-4-5-8-16-12)11-13-7-9-18(2)17-13/h4-9,14-15H,3,10-11H2,1-2H3. The van der Waals surface area contributed by atoms with Gasteiger partial charge in [0.25, 0.3) is 0 Å². The van der Waals surface area contributed by atoms with Crippen molar-refractivity contribution in [2.75, 3.05) is 6.54 Å². The monoisotopic (exact) mass is 244 g/mol. The molecule has 96 valence electrons. The van der Waals surface area contributed by atoms with Crippen molar-refractivity contribution in [2.45, 2.75) is 25.8 Å². The van der Waals surface area contributed by atoms with E-state index in [2.05, 4.69) is 34.5 Å². The molecule has 0 bridgehead atoms. The SMILES string of the molecule is CCNC(Cc1ccccn1)Cc1ccn(C)n1. The van der Waals surface area contributed by atoms with Crippen LogP contribution in [0.15, 0.2) is 36.7 Å². The van der Waals surface area contributed by atoms with Crippen LogP contribution in [0.4, 0.5) is 0 Å². The molecule has 2 rings (SSSR count). The number of aryl methyl sites for hydroxylation is 1. The van der Waals surface area contributed by atoms with Gasteiger partial charge in [-0.1, -0.05) is 13.0 Å². The maximum absolute atomic E-state index is 4.43. The van der Waals surface area contributed by atoms with Crippen LogP contribution < -0.4 is 5.32 Å². The van der Waals surface area contributed by atoms with E-state index in [0.29, 0.717) is 6.04 Å². The van der Waals surface area contributed by atoms with Gasteiger partial charge in [0.1, 0.15) is 0 Å². The average molecular weight is 244 g/mol. The van der Waals surface area contributed by atoms with Crippen LogP contribution >= 0.6 is 0 Å². The van der Waals surface area contributed by atoms with E-state index in [1.54, 1.807) is 0 Å². The van der Waals surface area contributed by atoms with E-state index in [1.807, 2.05) is 36.3 Å². The molecule has 0 amide bonds. The highest BCUT2D eigenvalue weighted by Crippen LogP contribution is 2.06. The first-order chi connectivity index (χ1) is 8.78. The lowest BCUT2D eigenvalue weighted by Gasteiger charge is -2.16. The van der Waals surface area contributed by atoms with Gasteiger partial charge in [0.2, 0.25) is 0 Å². The molecule has 1 unspecified atom stereocenters. The highest BCUT2D eigenvalue weighted by Gasteiger charge is 2.11. The molecule has 0 aliphatic carbocycles. The van der Waals surface area contributed by atoms with Crippen LogP contribution in [0.3, 0.4) is 0 Å². The fourth-order valence-corrected chi connectivity index (χ4v) is 2.10. The largest absolute Gasteiger partial charge is 0.313 e. The van der Waals surface area contributed by atoms with E-state index in [4.69, 9.17) is 0 Å². The van der Waals surface area contributed by atoms with Crippen LogP contribution in [0.2, 0.25) is 0 Å². The highest BCUT2D eigenvalue weighted by atomic mass is 15.2. The van der Waals surface area contributed by atoms with Crippen LogP contribution in [-0.2, 0) is 19.9 Å². The maximum Gasteiger partial charge on any atom is 0.0640 e. The van der Waals surface area contributed by atoms with Gasteiger partial charge in [0, 0.05) is 44.0 Å². The molecular formula is C14H20N4. The Morgan fingerprint density at radius 2 is 2.06 bits per heavy atom. The Kier molecular flexibility index (Phi) is 4.47. The van der Waals surface area contributed by atoms with Crippen LogP contribution in [0.25, 0.3) is 0 Å². The Morgan fingerprint density at radius 1 is 1.22 bits per heavy atom. The van der Waals surface area contributed by atoms with E-state index < -0.39 is 0 Å². The number of likely N-dealkylation sites (N-methyl/N-ethyl adjacent to an activating group) is 1. The third-order valence-electron chi connectivity index (χ3n) is 2.90. The van der Waals surface area contributed by atoms with E-state index in [-0.39, 0.29) is 0 Å². The maximum atomic E-state index is 4.43. The van der Waals surface area contributed by atoms with Gasteiger partial charge in [-0.3, -0.25) is 9.67 Å². The van der Waals surface area contributed by atoms with E-state index >= 15 is 0 Å². The fraction of sp³-hybridized carbons (Fsp3) is 0.429. The molecule has 0 fully saturated rings. The molecule has 0 aromatic carbocycles. The van der Waals surface area contributed by atoms with Crippen LogP contribution in [0.5, 0.6) is 0 Å². The smallest absolute Gasteiger partial charge is 0.0640 e. The minimum absolute atomic E-state index is 0.389.